The Labute approximate surface area is 127 Å². The van der Waals surface area contributed by atoms with Crippen LogP contribution in [0.4, 0.5) is 0 Å². The second kappa shape index (κ2) is 5.40. The molecule has 22 heavy (non-hydrogen) atoms. The van der Waals surface area contributed by atoms with Gasteiger partial charge in [0.1, 0.15) is 11.5 Å². The van der Waals surface area contributed by atoms with E-state index in [0.29, 0.717) is 23.3 Å². The van der Waals surface area contributed by atoms with E-state index in [1.54, 1.807) is 36.4 Å². The Hall–Kier alpha value is -3.02. The second-order valence-corrected chi connectivity index (χ2v) is 5.07. The first-order chi connectivity index (χ1) is 10.6. The molecule has 0 radical (unpaired) electrons. The van der Waals surface area contributed by atoms with Crippen LogP contribution in [0.25, 0.3) is 0 Å². The molecular formula is C16H16N4O2. The molecule has 3 rings (SSSR count). The fourth-order valence-electron chi connectivity index (χ4n) is 2.62. The van der Waals surface area contributed by atoms with Crippen molar-refractivity contribution in [1.82, 2.24) is 5.01 Å². The van der Waals surface area contributed by atoms with Crippen molar-refractivity contribution in [2.45, 2.75) is 12.5 Å². The molecule has 0 spiro atoms. The van der Waals surface area contributed by atoms with Crippen LogP contribution in [0, 0.1) is 5.41 Å². The van der Waals surface area contributed by atoms with Gasteiger partial charge in [-0.2, -0.15) is 5.10 Å². The number of nitrogens with one attached hydrogen (secondary N) is 1. The standard InChI is InChI=1S/C16H16N4O2/c17-16(18)20-13(11-6-2-4-8-15(11)22)9-12(19-20)10-5-1-3-7-14(10)21/h1-8,13,21-22H,9H2,(H3,17,18)/t13-/m0/s1. The van der Waals surface area contributed by atoms with Crippen molar-refractivity contribution in [3.63, 3.8) is 0 Å². The van der Waals surface area contributed by atoms with Gasteiger partial charge in [0.25, 0.3) is 0 Å². The van der Waals surface area contributed by atoms with Crippen molar-refractivity contribution in [3.05, 3.63) is 59.7 Å². The maximum absolute atomic E-state index is 10.0. The maximum Gasteiger partial charge on any atom is 0.209 e. The number of benzene rings is 2. The molecular weight excluding hydrogens is 280 g/mol. The normalized spacial score (nSPS) is 17.4. The predicted octanol–water partition coefficient (Wildman–Crippen LogP) is 2.14. The summed E-state index contributed by atoms with van der Waals surface area (Å²) in [5, 5.41) is 33.4. The van der Waals surface area contributed by atoms with Crippen LogP contribution in [0.1, 0.15) is 23.6 Å². The molecule has 5 N–H and O–H groups in total. The molecule has 0 fully saturated rings. The molecule has 1 aliphatic heterocycles. The molecule has 0 amide bonds. The van der Waals surface area contributed by atoms with Gasteiger partial charge in [-0.05, 0) is 18.2 Å². The lowest BCUT2D eigenvalue weighted by Crippen LogP contribution is -2.32. The second-order valence-electron chi connectivity index (χ2n) is 5.07. The summed E-state index contributed by atoms with van der Waals surface area (Å²) in [4.78, 5) is 0. The summed E-state index contributed by atoms with van der Waals surface area (Å²) < 4.78 is 0. The number of hydrazone groups is 1. The van der Waals surface area contributed by atoms with Crippen LogP contribution < -0.4 is 5.73 Å². The van der Waals surface area contributed by atoms with E-state index in [1.807, 2.05) is 12.1 Å². The largest absolute Gasteiger partial charge is 0.508 e. The van der Waals surface area contributed by atoms with Crippen LogP contribution >= 0.6 is 0 Å². The number of rotatable bonds is 2. The van der Waals surface area contributed by atoms with Gasteiger partial charge in [0.05, 0.1) is 11.8 Å². The summed E-state index contributed by atoms with van der Waals surface area (Å²) in [6, 6.07) is 13.4. The highest BCUT2D eigenvalue weighted by Gasteiger charge is 2.32. The van der Waals surface area contributed by atoms with Gasteiger partial charge < -0.3 is 15.9 Å². The van der Waals surface area contributed by atoms with Crippen LogP contribution in [-0.4, -0.2) is 26.9 Å². The number of aromatic hydroxyl groups is 2. The van der Waals surface area contributed by atoms with E-state index in [-0.39, 0.29) is 23.5 Å². The number of hydrogen-bond donors (Lipinski definition) is 4. The number of phenolic OH excluding ortho intramolecular Hbond substituents is 2. The zero-order chi connectivity index (χ0) is 15.7. The van der Waals surface area contributed by atoms with Crippen LogP contribution in [-0.2, 0) is 0 Å². The van der Waals surface area contributed by atoms with Crippen LogP contribution in [0.3, 0.4) is 0 Å². The summed E-state index contributed by atoms with van der Waals surface area (Å²) in [5.41, 5.74) is 7.49. The average Bonchev–Trinajstić information content (AvgIpc) is 2.93. The first-order valence-corrected chi connectivity index (χ1v) is 6.85. The van der Waals surface area contributed by atoms with Crippen molar-refractivity contribution < 1.29 is 10.2 Å². The van der Waals surface area contributed by atoms with Gasteiger partial charge in [-0.1, -0.05) is 30.3 Å². The molecule has 0 unspecified atom stereocenters. The van der Waals surface area contributed by atoms with Gasteiger partial charge in [0, 0.05) is 17.5 Å². The van der Waals surface area contributed by atoms with Crippen molar-refractivity contribution in [2.75, 3.05) is 0 Å². The molecule has 2 aromatic rings. The predicted molar refractivity (Wildman–Crippen MR) is 83.9 cm³/mol. The van der Waals surface area contributed by atoms with E-state index in [4.69, 9.17) is 11.1 Å². The van der Waals surface area contributed by atoms with Crippen molar-refractivity contribution in [3.8, 4) is 11.5 Å². The Kier molecular flexibility index (Phi) is 3.42. The minimum atomic E-state index is -0.367. The molecule has 2 aromatic carbocycles. The van der Waals surface area contributed by atoms with Crippen molar-refractivity contribution >= 4 is 11.7 Å². The highest BCUT2D eigenvalue weighted by molar-refractivity contribution is 6.05. The van der Waals surface area contributed by atoms with E-state index < -0.39 is 0 Å². The lowest BCUT2D eigenvalue weighted by molar-refractivity contribution is 0.349. The minimum Gasteiger partial charge on any atom is -0.508 e. The molecule has 1 heterocycles. The third-order valence-electron chi connectivity index (χ3n) is 3.67. The highest BCUT2D eigenvalue weighted by Crippen LogP contribution is 2.37. The van der Waals surface area contributed by atoms with Crippen LogP contribution in [0.15, 0.2) is 53.6 Å². The molecule has 112 valence electrons. The van der Waals surface area contributed by atoms with Gasteiger partial charge in [0.2, 0.25) is 5.96 Å². The van der Waals surface area contributed by atoms with Gasteiger partial charge in [0.15, 0.2) is 0 Å². The molecule has 6 nitrogen and oxygen atoms in total. The summed E-state index contributed by atoms with van der Waals surface area (Å²) in [6.07, 6.45) is 0.439. The van der Waals surface area contributed by atoms with Crippen LogP contribution in [0.2, 0.25) is 0 Å². The lowest BCUT2D eigenvalue weighted by Gasteiger charge is -2.22. The Morgan fingerprint density at radius 2 is 1.73 bits per heavy atom. The van der Waals surface area contributed by atoms with E-state index in [9.17, 15) is 10.2 Å². The summed E-state index contributed by atoms with van der Waals surface area (Å²) >= 11 is 0. The summed E-state index contributed by atoms with van der Waals surface area (Å²) in [7, 11) is 0. The number of para-hydroxylation sites is 2. The minimum absolute atomic E-state index is 0.127. The zero-order valence-electron chi connectivity index (χ0n) is 11.8. The topological polar surface area (TPSA) is 106 Å². The van der Waals surface area contributed by atoms with E-state index >= 15 is 0 Å². The number of hydrogen-bond acceptors (Lipinski definition) is 4. The molecule has 0 saturated carbocycles. The summed E-state index contributed by atoms with van der Waals surface area (Å²) in [5.74, 6) is 0.0499. The third-order valence-corrected chi connectivity index (χ3v) is 3.67. The molecule has 0 bridgehead atoms. The van der Waals surface area contributed by atoms with Crippen molar-refractivity contribution in [1.29, 1.82) is 5.41 Å². The number of phenols is 2. The molecule has 0 aromatic heterocycles. The van der Waals surface area contributed by atoms with E-state index in [0.717, 1.165) is 0 Å². The number of guanidine groups is 1. The average molecular weight is 296 g/mol. The Bertz CT molecular complexity index is 757. The van der Waals surface area contributed by atoms with Crippen molar-refractivity contribution in [2.24, 2.45) is 10.8 Å². The maximum atomic E-state index is 10.0. The molecule has 6 heteroatoms. The molecule has 1 aliphatic rings. The molecule has 0 aliphatic carbocycles. The first kappa shape index (κ1) is 13.9. The zero-order valence-corrected chi connectivity index (χ0v) is 11.8. The van der Waals surface area contributed by atoms with Gasteiger partial charge in [-0.15, -0.1) is 0 Å². The number of nitrogens with zero attached hydrogens (tertiary/aromatic N) is 2. The fourth-order valence-corrected chi connectivity index (χ4v) is 2.62. The monoisotopic (exact) mass is 296 g/mol. The quantitative estimate of drug-likeness (QED) is 0.503. The van der Waals surface area contributed by atoms with E-state index in [1.165, 1.54) is 5.01 Å². The van der Waals surface area contributed by atoms with Gasteiger partial charge in [-0.3, -0.25) is 5.41 Å². The molecule has 0 saturated heterocycles. The first-order valence-electron chi connectivity index (χ1n) is 6.85. The lowest BCUT2D eigenvalue weighted by atomic mass is 9.97. The Morgan fingerprint density at radius 3 is 2.36 bits per heavy atom. The van der Waals surface area contributed by atoms with E-state index in [2.05, 4.69) is 5.10 Å². The third kappa shape index (κ3) is 2.35. The Morgan fingerprint density at radius 1 is 1.09 bits per heavy atom. The molecule has 1 atom stereocenters. The summed E-state index contributed by atoms with van der Waals surface area (Å²) in [6.45, 7) is 0. The van der Waals surface area contributed by atoms with Gasteiger partial charge >= 0.3 is 0 Å². The number of nitrogens with two attached hydrogens (primary N) is 1. The smallest absolute Gasteiger partial charge is 0.209 e. The van der Waals surface area contributed by atoms with Gasteiger partial charge in [-0.25, -0.2) is 5.01 Å². The Balaban J connectivity index is 2.01. The SMILES string of the molecule is N=C(N)N1N=C(c2ccccc2O)C[C@H]1c1ccccc1O. The highest BCUT2D eigenvalue weighted by atomic mass is 16.3. The fraction of sp³-hybridized carbons (Fsp3) is 0.125. The van der Waals surface area contributed by atoms with Crippen LogP contribution in [0.5, 0.6) is 11.5 Å².